The zero-order chi connectivity index (χ0) is 42.9. The van der Waals surface area contributed by atoms with Crippen LogP contribution in [0.25, 0.3) is 0 Å². The lowest BCUT2D eigenvalue weighted by Gasteiger charge is -2.34. The van der Waals surface area contributed by atoms with E-state index in [4.69, 9.17) is 9.66 Å². The van der Waals surface area contributed by atoms with Crippen LogP contribution in [0.4, 0.5) is 37.7 Å². The lowest BCUT2D eigenvalue weighted by Crippen LogP contribution is -2.29. The topological polar surface area (TPSA) is 161 Å². The Hall–Kier alpha value is -4.13. The quantitative estimate of drug-likeness (QED) is 0.0225. The molecule has 18 heteroatoms. The summed E-state index contributed by atoms with van der Waals surface area (Å²) in [6, 6.07) is 2.02. The second-order valence-electron chi connectivity index (χ2n) is 14.6. The maximum Gasteiger partial charge on any atom is 0.303 e. The van der Waals surface area contributed by atoms with Gasteiger partial charge in [0.25, 0.3) is 20.2 Å². The number of aliphatic carboxylic acids is 1. The maximum atomic E-state index is 15.8. The number of nitrogens with one attached hydrogen (secondary N) is 1. The molecular weight excluding hydrogens is 803 g/mol. The molecule has 0 amide bonds. The highest BCUT2D eigenvalue weighted by Gasteiger charge is 2.42. The number of carboxylic acid groups (broad SMARTS) is 1. The van der Waals surface area contributed by atoms with E-state index in [0.29, 0.717) is 37.2 Å². The molecule has 4 N–H and O–H groups in total. The number of hydrogen-bond acceptors (Lipinski definition) is 7. The fourth-order valence-electron chi connectivity index (χ4n) is 6.96. The van der Waals surface area contributed by atoms with Gasteiger partial charge in [0.15, 0.2) is 23.3 Å². The third kappa shape index (κ3) is 12.4. The number of carboxylic acids is 1. The highest BCUT2D eigenvalue weighted by atomic mass is 32.2. The van der Waals surface area contributed by atoms with Crippen molar-refractivity contribution in [3.05, 3.63) is 106 Å². The van der Waals surface area contributed by atoms with Crippen LogP contribution < -0.4 is 10.2 Å². The number of hydrogen-bond donors (Lipinski definition) is 4. The van der Waals surface area contributed by atoms with Crippen molar-refractivity contribution in [3.8, 4) is 0 Å². The smallest absolute Gasteiger partial charge is 0.303 e. The first-order valence-corrected chi connectivity index (χ1v) is 21.4. The van der Waals surface area contributed by atoms with Crippen molar-refractivity contribution in [2.24, 2.45) is 0 Å². The number of nitrogens with zero attached hydrogens (tertiary/aromatic N) is 1. The third-order valence-corrected chi connectivity index (χ3v) is 11.5. The van der Waals surface area contributed by atoms with Gasteiger partial charge in [-0.15, -0.1) is 0 Å². The van der Waals surface area contributed by atoms with E-state index < -0.39 is 94.7 Å². The molecule has 316 valence electrons. The lowest BCUT2D eigenvalue weighted by molar-refractivity contribution is -0.137. The number of carbonyl (C=O) groups is 1. The summed E-state index contributed by atoms with van der Waals surface area (Å²) in [6.07, 6.45) is 8.56. The summed E-state index contributed by atoms with van der Waals surface area (Å²) in [7, 11) is -8.72. The molecule has 57 heavy (non-hydrogen) atoms. The number of benzene rings is 2. The summed E-state index contributed by atoms with van der Waals surface area (Å²) >= 11 is 0. The Morgan fingerprint density at radius 3 is 2.07 bits per heavy atom. The maximum absolute atomic E-state index is 15.8. The van der Waals surface area contributed by atoms with Crippen LogP contribution >= 0.6 is 0 Å². The largest absolute Gasteiger partial charge is 0.481 e. The van der Waals surface area contributed by atoms with Crippen LogP contribution in [0.1, 0.15) is 89.7 Å². The number of allylic oxidation sites excluding steroid dienone is 7. The minimum absolute atomic E-state index is 0.0167. The molecule has 1 unspecified atom stereocenters. The molecule has 3 rings (SSSR count). The van der Waals surface area contributed by atoms with E-state index in [1.165, 1.54) is 31.2 Å². The Balaban J connectivity index is 2.00. The van der Waals surface area contributed by atoms with Crippen molar-refractivity contribution in [1.82, 2.24) is 0 Å². The Bertz CT molecular complexity index is 2140. The minimum atomic E-state index is -4.40. The molecule has 2 aromatic carbocycles. The van der Waals surface area contributed by atoms with Crippen LogP contribution in [-0.2, 0) is 35.9 Å². The zero-order valence-electron chi connectivity index (χ0n) is 31.9. The van der Waals surface area contributed by atoms with E-state index in [-0.39, 0.29) is 56.2 Å². The van der Waals surface area contributed by atoms with E-state index in [0.717, 1.165) is 6.07 Å². The molecule has 10 nitrogen and oxygen atoms in total. The molecule has 0 aromatic heterocycles. The Kier molecular flexibility index (Phi) is 16.2. The van der Waals surface area contributed by atoms with Gasteiger partial charge in [0.2, 0.25) is 0 Å². The Labute approximate surface area is 329 Å². The van der Waals surface area contributed by atoms with Crippen molar-refractivity contribution in [1.29, 1.82) is 0 Å². The Morgan fingerprint density at radius 1 is 0.842 bits per heavy atom. The van der Waals surface area contributed by atoms with Crippen molar-refractivity contribution in [2.75, 3.05) is 34.8 Å². The molecule has 2 aromatic rings. The van der Waals surface area contributed by atoms with Gasteiger partial charge in [-0.05, 0) is 56.2 Å². The highest BCUT2D eigenvalue weighted by molar-refractivity contribution is 7.86. The van der Waals surface area contributed by atoms with Crippen LogP contribution in [0.15, 0.2) is 60.4 Å². The first-order chi connectivity index (χ1) is 26.4. The lowest BCUT2D eigenvalue weighted by atomic mass is 9.71. The Morgan fingerprint density at radius 2 is 1.46 bits per heavy atom. The van der Waals surface area contributed by atoms with E-state index >= 15 is 13.2 Å². The van der Waals surface area contributed by atoms with Gasteiger partial charge >= 0.3 is 5.97 Å². The molecule has 1 atom stereocenters. The summed E-state index contributed by atoms with van der Waals surface area (Å²) < 4.78 is 153. The average Bonchev–Trinajstić information content (AvgIpc) is 3.30. The summed E-state index contributed by atoms with van der Waals surface area (Å²) in [5.41, 5.74) is -2.90. The second-order valence-corrected chi connectivity index (χ2v) is 17.7. The van der Waals surface area contributed by atoms with Crippen LogP contribution in [0.3, 0.4) is 0 Å². The number of rotatable bonds is 22. The molecule has 0 fully saturated rings. The average molecular weight is 851 g/mol. The molecular formula is C39H48F6N2O8S2. The van der Waals surface area contributed by atoms with Gasteiger partial charge in [0.05, 0.1) is 22.9 Å². The monoisotopic (exact) mass is 850 g/mol. The van der Waals surface area contributed by atoms with E-state index in [2.05, 4.69) is 11.9 Å². The molecule has 1 heterocycles. The van der Waals surface area contributed by atoms with Crippen LogP contribution in [0.5, 0.6) is 0 Å². The first-order valence-electron chi connectivity index (χ1n) is 18.2. The minimum Gasteiger partial charge on any atom is -0.481 e. The van der Waals surface area contributed by atoms with Gasteiger partial charge in [0.1, 0.15) is 11.6 Å². The van der Waals surface area contributed by atoms with Crippen molar-refractivity contribution < 1.29 is 62.2 Å². The summed E-state index contributed by atoms with van der Waals surface area (Å²) in [4.78, 5) is 12.7. The van der Waals surface area contributed by atoms with Crippen molar-refractivity contribution in [2.45, 2.75) is 89.4 Å². The number of fused-ring (bicyclic) bond motifs is 1. The molecule has 0 radical (unpaired) electrons. The van der Waals surface area contributed by atoms with Gasteiger partial charge in [0, 0.05) is 53.2 Å². The van der Waals surface area contributed by atoms with Crippen molar-refractivity contribution >= 4 is 37.6 Å². The number of unbranched alkanes of at least 4 members (excludes halogenated alkanes) is 4. The molecule has 0 spiro atoms. The van der Waals surface area contributed by atoms with E-state index in [9.17, 15) is 39.4 Å². The standard InChI is InChI=1S/C39H48F6N2O8S2/c1-25(15-7-5-8-16-29-38(2,3)31-27(41)23-26(40)24-28(31)47(29)20-12-6-9-17-30(48)49)39(4,18-10-13-21-56(50,51)52)32-33(42)34(43)35(44)36(45)37(32)46-19-11-14-22-57(53,54)55/h5,7-8,15-16,23-24,46H,1,6,9-14,17-22H2,2-4H3,(H,48,49)(H,50,51,52)(H,53,54,55). The second kappa shape index (κ2) is 19.5. The first kappa shape index (κ1) is 47.2. The molecule has 0 bridgehead atoms. The van der Waals surface area contributed by atoms with Gasteiger partial charge < -0.3 is 15.3 Å². The van der Waals surface area contributed by atoms with Crippen LogP contribution in [0.2, 0.25) is 0 Å². The predicted molar refractivity (Wildman–Crippen MR) is 206 cm³/mol. The van der Waals surface area contributed by atoms with Crippen LogP contribution in [-0.4, -0.2) is 61.6 Å². The molecule has 0 saturated carbocycles. The van der Waals surface area contributed by atoms with E-state index in [1.807, 2.05) is 0 Å². The number of halogens is 6. The van der Waals surface area contributed by atoms with E-state index in [1.54, 1.807) is 30.9 Å². The summed E-state index contributed by atoms with van der Waals surface area (Å²) in [5, 5.41) is 11.5. The predicted octanol–water partition coefficient (Wildman–Crippen LogP) is 8.91. The number of anilines is 2. The van der Waals surface area contributed by atoms with Crippen LogP contribution in [0, 0.1) is 34.9 Å². The van der Waals surface area contributed by atoms with Gasteiger partial charge in [-0.1, -0.05) is 64.5 Å². The molecule has 0 aliphatic carbocycles. The van der Waals surface area contributed by atoms with Gasteiger partial charge in [-0.2, -0.15) is 16.8 Å². The summed E-state index contributed by atoms with van der Waals surface area (Å²) in [5.74, 6) is -11.5. The molecule has 1 aliphatic rings. The highest BCUT2D eigenvalue weighted by Crippen LogP contribution is 2.49. The fourth-order valence-corrected chi connectivity index (χ4v) is 8.10. The molecule has 1 aliphatic heterocycles. The molecule has 0 saturated heterocycles. The zero-order valence-corrected chi connectivity index (χ0v) is 33.5. The van der Waals surface area contributed by atoms with Gasteiger partial charge in [-0.25, -0.2) is 26.3 Å². The fraction of sp³-hybridized carbons (Fsp3) is 0.462. The van der Waals surface area contributed by atoms with Gasteiger partial charge in [-0.3, -0.25) is 13.9 Å². The third-order valence-electron chi connectivity index (χ3n) is 9.91. The SMILES string of the molecule is C=C(C=CC=CC=C1N(CCCCCC(=O)O)c2cc(F)cc(F)c2C1(C)C)C(C)(CCCCS(=O)(=O)O)c1c(F)c(F)c(F)c(F)c1NCCCCS(=O)(=O)O. The summed E-state index contributed by atoms with van der Waals surface area (Å²) in [6.45, 7) is 8.95. The normalized spacial score (nSPS) is 16.1. The van der Waals surface area contributed by atoms with Crippen molar-refractivity contribution in [3.63, 3.8) is 0 Å².